The van der Waals surface area contributed by atoms with Gasteiger partial charge in [0.05, 0.1) is 24.4 Å². The standard InChI is InChI=1S/C21H26N2O3/c1-5-26-21(25)17-8-6-7-9-19(17)23-20(24)13-22-16(4)18-12-14(2)10-11-15(18)3/h6-12,16,22H,5,13H2,1-4H3,(H,23,24)/t16-/m0/s1. The van der Waals surface area contributed by atoms with E-state index < -0.39 is 5.97 Å². The molecule has 0 unspecified atom stereocenters. The second-order valence-corrected chi connectivity index (χ2v) is 6.28. The lowest BCUT2D eigenvalue weighted by molar-refractivity contribution is -0.115. The molecule has 0 bridgehead atoms. The maximum atomic E-state index is 12.3. The van der Waals surface area contributed by atoms with Gasteiger partial charge in [-0.25, -0.2) is 4.79 Å². The molecule has 0 aliphatic heterocycles. The molecule has 0 aliphatic carbocycles. The summed E-state index contributed by atoms with van der Waals surface area (Å²) in [5, 5.41) is 6.01. The normalized spacial score (nSPS) is 11.7. The molecule has 5 nitrogen and oxygen atoms in total. The van der Waals surface area contributed by atoms with Crippen LogP contribution in [0.25, 0.3) is 0 Å². The first-order chi connectivity index (χ1) is 12.4. The monoisotopic (exact) mass is 354 g/mol. The van der Waals surface area contributed by atoms with E-state index in [0.717, 1.165) is 0 Å². The Morgan fingerprint density at radius 2 is 1.85 bits per heavy atom. The summed E-state index contributed by atoms with van der Waals surface area (Å²) in [4.78, 5) is 24.3. The quantitative estimate of drug-likeness (QED) is 0.743. The molecule has 26 heavy (non-hydrogen) atoms. The Labute approximate surface area is 154 Å². The van der Waals surface area contributed by atoms with Crippen molar-refractivity contribution in [3.05, 3.63) is 64.7 Å². The lowest BCUT2D eigenvalue weighted by Gasteiger charge is -2.17. The summed E-state index contributed by atoms with van der Waals surface area (Å²) in [6.07, 6.45) is 0. The summed E-state index contributed by atoms with van der Waals surface area (Å²) in [7, 11) is 0. The van der Waals surface area contributed by atoms with Crippen LogP contribution in [-0.4, -0.2) is 25.0 Å². The van der Waals surface area contributed by atoms with Gasteiger partial charge in [-0.1, -0.05) is 35.9 Å². The van der Waals surface area contributed by atoms with Gasteiger partial charge in [-0.3, -0.25) is 4.79 Å². The number of para-hydroxylation sites is 1. The smallest absolute Gasteiger partial charge is 0.340 e. The molecule has 0 aromatic heterocycles. The van der Waals surface area contributed by atoms with Crippen LogP contribution in [-0.2, 0) is 9.53 Å². The highest BCUT2D eigenvalue weighted by Gasteiger charge is 2.15. The molecule has 1 amide bonds. The van der Waals surface area contributed by atoms with Crippen LogP contribution < -0.4 is 10.6 Å². The predicted octanol–water partition coefficient (Wildman–Crippen LogP) is 3.77. The van der Waals surface area contributed by atoms with Gasteiger partial charge in [0.15, 0.2) is 0 Å². The number of carbonyl (C=O) groups is 2. The molecule has 2 N–H and O–H groups in total. The molecule has 0 fully saturated rings. The van der Waals surface area contributed by atoms with Crippen molar-refractivity contribution in [2.45, 2.75) is 33.7 Å². The maximum absolute atomic E-state index is 12.3. The average molecular weight is 354 g/mol. The Bertz CT molecular complexity index is 787. The van der Waals surface area contributed by atoms with Crippen LogP contribution >= 0.6 is 0 Å². The third-order valence-corrected chi connectivity index (χ3v) is 4.17. The van der Waals surface area contributed by atoms with Crippen molar-refractivity contribution in [1.29, 1.82) is 0 Å². The summed E-state index contributed by atoms with van der Waals surface area (Å²) < 4.78 is 5.02. The van der Waals surface area contributed by atoms with Crippen molar-refractivity contribution in [2.24, 2.45) is 0 Å². The first kappa shape index (κ1) is 19.7. The number of hydrogen-bond acceptors (Lipinski definition) is 4. The minimum absolute atomic E-state index is 0.0425. The molecule has 0 saturated heterocycles. The van der Waals surface area contributed by atoms with Crippen LogP contribution in [0.4, 0.5) is 5.69 Å². The van der Waals surface area contributed by atoms with Crippen molar-refractivity contribution in [1.82, 2.24) is 5.32 Å². The van der Waals surface area contributed by atoms with E-state index in [-0.39, 0.29) is 25.1 Å². The molecule has 1 atom stereocenters. The lowest BCUT2D eigenvalue weighted by Crippen LogP contribution is -2.31. The van der Waals surface area contributed by atoms with E-state index >= 15 is 0 Å². The molecule has 0 radical (unpaired) electrons. The zero-order chi connectivity index (χ0) is 19.1. The molecule has 0 aliphatic rings. The average Bonchev–Trinajstić information content (AvgIpc) is 2.62. The summed E-state index contributed by atoms with van der Waals surface area (Å²) in [6.45, 7) is 8.32. The highest BCUT2D eigenvalue weighted by atomic mass is 16.5. The van der Waals surface area contributed by atoms with Crippen LogP contribution in [0.5, 0.6) is 0 Å². The zero-order valence-corrected chi connectivity index (χ0v) is 15.8. The highest BCUT2D eigenvalue weighted by Crippen LogP contribution is 2.19. The molecular formula is C21H26N2O3. The van der Waals surface area contributed by atoms with Gasteiger partial charge in [0.2, 0.25) is 5.91 Å². The van der Waals surface area contributed by atoms with E-state index in [9.17, 15) is 9.59 Å². The van der Waals surface area contributed by atoms with Crippen LogP contribution in [0.1, 0.15) is 46.9 Å². The first-order valence-corrected chi connectivity index (χ1v) is 8.79. The third kappa shape index (κ3) is 5.17. The number of aryl methyl sites for hydroxylation is 2. The van der Waals surface area contributed by atoms with E-state index in [1.807, 2.05) is 6.92 Å². The number of ether oxygens (including phenoxy) is 1. The van der Waals surface area contributed by atoms with E-state index in [0.29, 0.717) is 11.3 Å². The van der Waals surface area contributed by atoms with Crippen molar-refractivity contribution in [3.63, 3.8) is 0 Å². The Morgan fingerprint density at radius 1 is 1.12 bits per heavy atom. The van der Waals surface area contributed by atoms with Crippen molar-refractivity contribution < 1.29 is 14.3 Å². The third-order valence-electron chi connectivity index (χ3n) is 4.17. The Morgan fingerprint density at radius 3 is 2.58 bits per heavy atom. The minimum atomic E-state index is -0.444. The fraction of sp³-hybridized carbons (Fsp3) is 0.333. The van der Waals surface area contributed by atoms with Gasteiger partial charge in [-0.2, -0.15) is 0 Å². The van der Waals surface area contributed by atoms with Crippen molar-refractivity contribution >= 4 is 17.6 Å². The Hall–Kier alpha value is -2.66. The van der Waals surface area contributed by atoms with Gasteiger partial charge in [-0.15, -0.1) is 0 Å². The van der Waals surface area contributed by atoms with E-state index in [4.69, 9.17) is 4.74 Å². The number of esters is 1. The number of nitrogens with one attached hydrogen (secondary N) is 2. The maximum Gasteiger partial charge on any atom is 0.340 e. The van der Waals surface area contributed by atoms with Crippen LogP contribution in [0.3, 0.4) is 0 Å². The molecule has 138 valence electrons. The molecule has 2 aromatic carbocycles. The Balaban J connectivity index is 1.99. The number of amides is 1. The molecule has 0 spiro atoms. The van der Waals surface area contributed by atoms with Gasteiger partial charge in [0.1, 0.15) is 0 Å². The summed E-state index contributed by atoms with van der Waals surface area (Å²) in [5.74, 6) is -0.654. The number of hydrogen-bond donors (Lipinski definition) is 2. The minimum Gasteiger partial charge on any atom is -0.462 e. The van der Waals surface area contributed by atoms with E-state index in [2.05, 4.69) is 42.7 Å². The number of anilines is 1. The van der Waals surface area contributed by atoms with Gasteiger partial charge < -0.3 is 15.4 Å². The van der Waals surface area contributed by atoms with Gasteiger partial charge in [-0.05, 0) is 51.0 Å². The SMILES string of the molecule is CCOC(=O)c1ccccc1NC(=O)CN[C@@H](C)c1cc(C)ccc1C. The molecule has 5 heteroatoms. The van der Waals surface area contributed by atoms with Gasteiger partial charge in [0, 0.05) is 6.04 Å². The fourth-order valence-corrected chi connectivity index (χ4v) is 2.76. The second-order valence-electron chi connectivity index (χ2n) is 6.28. The van der Waals surface area contributed by atoms with Crippen LogP contribution in [0, 0.1) is 13.8 Å². The summed E-state index contributed by atoms with van der Waals surface area (Å²) >= 11 is 0. The van der Waals surface area contributed by atoms with Crippen molar-refractivity contribution in [3.8, 4) is 0 Å². The van der Waals surface area contributed by atoms with E-state index in [1.54, 1.807) is 31.2 Å². The second kappa shape index (κ2) is 9.15. The molecule has 0 saturated carbocycles. The first-order valence-electron chi connectivity index (χ1n) is 8.79. The number of carbonyl (C=O) groups excluding carboxylic acids is 2. The largest absolute Gasteiger partial charge is 0.462 e. The lowest BCUT2D eigenvalue weighted by atomic mass is 10.00. The zero-order valence-electron chi connectivity index (χ0n) is 15.8. The number of rotatable bonds is 7. The summed E-state index contributed by atoms with van der Waals surface area (Å²) in [6, 6.07) is 13.2. The molecule has 2 rings (SSSR count). The topological polar surface area (TPSA) is 67.4 Å². The van der Waals surface area contributed by atoms with Crippen LogP contribution in [0.2, 0.25) is 0 Å². The van der Waals surface area contributed by atoms with Gasteiger partial charge in [0.25, 0.3) is 0 Å². The van der Waals surface area contributed by atoms with E-state index in [1.165, 1.54) is 16.7 Å². The molecule has 2 aromatic rings. The molecular weight excluding hydrogens is 328 g/mol. The fourth-order valence-electron chi connectivity index (χ4n) is 2.76. The summed E-state index contributed by atoms with van der Waals surface area (Å²) in [5.41, 5.74) is 4.35. The number of benzene rings is 2. The van der Waals surface area contributed by atoms with Crippen LogP contribution in [0.15, 0.2) is 42.5 Å². The predicted molar refractivity (Wildman–Crippen MR) is 103 cm³/mol. The Kier molecular flexibility index (Phi) is 6.92. The highest BCUT2D eigenvalue weighted by molar-refractivity contribution is 6.01. The van der Waals surface area contributed by atoms with Crippen molar-refractivity contribution in [2.75, 3.05) is 18.5 Å². The van der Waals surface area contributed by atoms with Gasteiger partial charge >= 0.3 is 5.97 Å². The molecule has 0 heterocycles.